The molecule has 0 aliphatic carbocycles. The van der Waals surface area contributed by atoms with Crippen LogP contribution in [0.3, 0.4) is 0 Å². The van der Waals surface area contributed by atoms with Gasteiger partial charge in [-0.1, -0.05) is 60.7 Å². The third-order valence-electron chi connectivity index (χ3n) is 5.69. The van der Waals surface area contributed by atoms with E-state index in [1.807, 2.05) is 43.3 Å². The number of carbonyl (C=O) groups excluding carboxylic acids is 1. The van der Waals surface area contributed by atoms with Crippen LogP contribution in [0, 0.1) is 0 Å². The topological polar surface area (TPSA) is 82.3 Å². The average molecular weight is 470 g/mol. The van der Waals surface area contributed by atoms with E-state index in [0.29, 0.717) is 13.1 Å². The molecule has 1 aliphatic heterocycles. The van der Waals surface area contributed by atoms with Gasteiger partial charge < -0.3 is 10.3 Å². The Bertz CT molecular complexity index is 1100. The lowest BCUT2D eigenvalue weighted by Crippen LogP contribution is -2.38. The van der Waals surface area contributed by atoms with Crippen LogP contribution < -0.4 is 5.32 Å². The van der Waals surface area contributed by atoms with E-state index in [0.717, 1.165) is 22.6 Å². The Balaban J connectivity index is 1.53. The van der Waals surface area contributed by atoms with Gasteiger partial charge in [0.2, 0.25) is 10.0 Å². The van der Waals surface area contributed by atoms with Crippen molar-refractivity contribution >= 4 is 27.7 Å². The van der Waals surface area contributed by atoms with Crippen LogP contribution in [-0.2, 0) is 10.0 Å². The zero-order valence-electron chi connectivity index (χ0n) is 17.9. The summed E-state index contributed by atoms with van der Waals surface area (Å²) in [6.45, 7) is 2.95. The van der Waals surface area contributed by atoms with E-state index in [-0.39, 0.29) is 28.5 Å². The highest BCUT2D eigenvalue weighted by atomic mass is 32.2. The summed E-state index contributed by atoms with van der Waals surface area (Å²) >= 11 is 1.75. The molecule has 1 unspecified atom stereocenters. The molecule has 3 aromatic rings. The molecule has 2 heterocycles. The molecule has 2 aromatic carbocycles. The lowest BCUT2D eigenvalue weighted by atomic mass is 9.86. The van der Waals surface area contributed by atoms with Crippen molar-refractivity contribution in [3.63, 3.8) is 0 Å². The number of hydrogen-bond acceptors (Lipinski definition) is 4. The Morgan fingerprint density at radius 1 is 1.00 bits per heavy atom. The van der Waals surface area contributed by atoms with Gasteiger partial charge in [0.15, 0.2) is 0 Å². The molecule has 1 amide bonds. The van der Waals surface area contributed by atoms with Gasteiger partial charge in [0.25, 0.3) is 5.91 Å². The molecule has 1 saturated heterocycles. The summed E-state index contributed by atoms with van der Waals surface area (Å²) in [5, 5.41) is 3.06. The number of rotatable bonds is 7. The molecule has 1 atom stereocenters. The molecule has 0 bridgehead atoms. The van der Waals surface area contributed by atoms with Gasteiger partial charge in [-0.05, 0) is 24.1 Å². The Morgan fingerprint density at radius 2 is 1.56 bits per heavy atom. The lowest BCUT2D eigenvalue weighted by Gasteiger charge is -2.26. The van der Waals surface area contributed by atoms with Crippen LogP contribution in [0.25, 0.3) is 0 Å². The summed E-state index contributed by atoms with van der Waals surface area (Å²) in [7, 11) is -3.60. The second kappa shape index (κ2) is 9.94. The van der Waals surface area contributed by atoms with Crippen molar-refractivity contribution in [2.24, 2.45) is 0 Å². The first-order chi connectivity index (χ1) is 15.5. The van der Waals surface area contributed by atoms with Crippen molar-refractivity contribution in [3.8, 4) is 0 Å². The number of thioether (sulfide) groups is 1. The van der Waals surface area contributed by atoms with E-state index < -0.39 is 10.0 Å². The largest absolute Gasteiger partial charge is 0.356 e. The maximum atomic E-state index is 13.0. The van der Waals surface area contributed by atoms with Crippen molar-refractivity contribution in [2.75, 3.05) is 24.6 Å². The fraction of sp³-hybridized carbons (Fsp3) is 0.292. The Morgan fingerprint density at radius 3 is 2.12 bits per heavy atom. The van der Waals surface area contributed by atoms with Crippen molar-refractivity contribution in [3.05, 3.63) is 89.7 Å². The minimum Gasteiger partial charge on any atom is -0.356 e. The molecular weight excluding hydrogens is 442 g/mol. The van der Waals surface area contributed by atoms with Gasteiger partial charge in [-0.2, -0.15) is 16.1 Å². The first-order valence-electron chi connectivity index (χ1n) is 10.6. The fourth-order valence-electron chi connectivity index (χ4n) is 4.05. The third-order valence-corrected chi connectivity index (χ3v) is 8.50. The number of amides is 1. The van der Waals surface area contributed by atoms with Crippen LogP contribution >= 0.6 is 11.8 Å². The number of hydrogen-bond donors (Lipinski definition) is 2. The third kappa shape index (κ3) is 4.92. The van der Waals surface area contributed by atoms with Crippen molar-refractivity contribution < 1.29 is 13.2 Å². The van der Waals surface area contributed by atoms with Gasteiger partial charge in [0, 0.05) is 42.8 Å². The number of aromatic nitrogens is 1. The Labute approximate surface area is 193 Å². The first-order valence-corrected chi connectivity index (χ1v) is 13.2. The van der Waals surface area contributed by atoms with Gasteiger partial charge in [0.05, 0.1) is 0 Å². The number of benzene rings is 2. The summed E-state index contributed by atoms with van der Waals surface area (Å²) in [5.74, 6) is 1.21. The van der Waals surface area contributed by atoms with E-state index in [1.54, 1.807) is 11.8 Å². The van der Waals surface area contributed by atoms with Gasteiger partial charge >= 0.3 is 0 Å². The zero-order valence-corrected chi connectivity index (χ0v) is 19.5. The SMILES string of the molecule is CC(NC(=O)c1cc(S(=O)(=O)N2CCSCC2)c[nH]1)C(c1ccccc1)c1ccccc1. The van der Waals surface area contributed by atoms with E-state index in [4.69, 9.17) is 0 Å². The molecule has 6 nitrogen and oxygen atoms in total. The smallest absolute Gasteiger partial charge is 0.267 e. The molecule has 1 aliphatic rings. The van der Waals surface area contributed by atoms with Crippen LogP contribution in [-0.4, -0.2) is 54.3 Å². The molecule has 0 saturated carbocycles. The van der Waals surface area contributed by atoms with Crippen LogP contribution in [0.5, 0.6) is 0 Å². The highest BCUT2D eigenvalue weighted by Crippen LogP contribution is 2.28. The Kier molecular flexibility index (Phi) is 7.03. The normalized spacial score (nSPS) is 16.1. The highest BCUT2D eigenvalue weighted by molar-refractivity contribution is 7.99. The number of aromatic amines is 1. The van der Waals surface area contributed by atoms with E-state index in [2.05, 4.69) is 34.6 Å². The molecular formula is C24H27N3O3S2. The maximum Gasteiger partial charge on any atom is 0.267 e. The number of H-pyrrole nitrogens is 1. The summed E-state index contributed by atoms with van der Waals surface area (Å²) in [5.41, 5.74) is 2.44. The molecule has 168 valence electrons. The first kappa shape index (κ1) is 22.6. The molecule has 0 spiro atoms. The lowest BCUT2D eigenvalue weighted by molar-refractivity contribution is 0.0932. The molecule has 32 heavy (non-hydrogen) atoms. The van der Waals surface area contributed by atoms with Crippen molar-refractivity contribution in [1.82, 2.24) is 14.6 Å². The van der Waals surface area contributed by atoms with E-state index in [9.17, 15) is 13.2 Å². The van der Waals surface area contributed by atoms with E-state index >= 15 is 0 Å². The summed E-state index contributed by atoms with van der Waals surface area (Å²) < 4.78 is 27.3. The second-order valence-corrected chi connectivity index (χ2v) is 11.0. The standard InChI is InChI=1S/C24H27N3O3S2/c1-18(23(19-8-4-2-5-9-19)20-10-6-3-7-11-20)26-24(28)22-16-21(17-25-22)32(29,30)27-12-14-31-15-13-27/h2-11,16-18,23,25H,12-15H2,1H3,(H,26,28). The van der Waals surface area contributed by atoms with Crippen LogP contribution in [0.1, 0.15) is 34.5 Å². The minimum atomic E-state index is -3.60. The number of sulfonamides is 1. The number of carbonyl (C=O) groups is 1. The highest BCUT2D eigenvalue weighted by Gasteiger charge is 2.29. The summed E-state index contributed by atoms with van der Waals surface area (Å²) in [6.07, 6.45) is 1.41. The van der Waals surface area contributed by atoms with Crippen LogP contribution in [0.2, 0.25) is 0 Å². The molecule has 1 aromatic heterocycles. The maximum absolute atomic E-state index is 13.0. The molecule has 0 radical (unpaired) electrons. The summed E-state index contributed by atoms with van der Waals surface area (Å²) in [4.78, 5) is 16.0. The molecule has 1 fully saturated rings. The zero-order chi connectivity index (χ0) is 22.6. The quantitative estimate of drug-likeness (QED) is 0.553. The average Bonchev–Trinajstić information content (AvgIpc) is 3.33. The number of nitrogens with one attached hydrogen (secondary N) is 2. The van der Waals surface area contributed by atoms with Crippen molar-refractivity contribution in [1.29, 1.82) is 0 Å². The molecule has 2 N–H and O–H groups in total. The van der Waals surface area contributed by atoms with Gasteiger partial charge in [-0.15, -0.1) is 0 Å². The predicted octanol–water partition coefficient (Wildman–Crippen LogP) is 3.70. The second-order valence-electron chi connectivity index (χ2n) is 7.83. The van der Waals surface area contributed by atoms with Crippen molar-refractivity contribution in [2.45, 2.75) is 23.8 Å². The van der Waals surface area contributed by atoms with Gasteiger partial charge in [-0.25, -0.2) is 8.42 Å². The Hall–Kier alpha value is -2.55. The fourth-order valence-corrected chi connectivity index (χ4v) is 6.62. The minimum absolute atomic E-state index is 0.0367. The van der Waals surface area contributed by atoms with Gasteiger partial charge in [-0.3, -0.25) is 4.79 Å². The monoisotopic (exact) mass is 469 g/mol. The molecule has 4 rings (SSSR count). The summed E-state index contributed by atoms with van der Waals surface area (Å²) in [6, 6.07) is 21.3. The van der Waals surface area contributed by atoms with Crippen LogP contribution in [0.4, 0.5) is 0 Å². The van der Waals surface area contributed by atoms with Gasteiger partial charge in [0.1, 0.15) is 10.6 Å². The van der Waals surface area contributed by atoms with E-state index in [1.165, 1.54) is 16.6 Å². The number of nitrogens with zero attached hydrogens (tertiary/aromatic N) is 1. The molecule has 8 heteroatoms. The van der Waals surface area contributed by atoms with Crippen LogP contribution in [0.15, 0.2) is 77.8 Å². The predicted molar refractivity (Wildman–Crippen MR) is 129 cm³/mol.